The van der Waals surface area contributed by atoms with Crippen molar-refractivity contribution in [2.45, 2.75) is 0 Å². The molecule has 1 heterocycles. The summed E-state index contributed by atoms with van der Waals surface area (Å²) in [6, 6.07) is 4.41. The summed E-state index contributed by atoms with van der Waals surface area (Å²) in [4.78, 5) is 35.4. The van der Waals surface area contributed by atoms with Crippen LogP contribution in [0.1, 0.15) is 5.56 Å². The fourth-order valence-electron chi connectivity index (χ4n) is 1.75. The molecule has 3 amide bonds. The number of carbonyl (C=O) groups excluding carboxylic acids is 3. The van der Waals surface area contributed by atoms with Gasteiger partial charge in [0.1, 0.15) is 5.82 Å². The van der Waals surface area contributed by atoms with Gasteiger partial charge in [0.05, 0.1) is 5.75 Å². The summed E-state index contributed by atoms with van der Waals surface area (Å²) in [6.07, 6.45) is 2.56. The van der Waals surface area contributed by atoms with Gasteiger partial charge in [-0.25, -0.2) is 4.39 Å². The van der Waals surface area contributed by atoms with Crippen LogP contribution < -0.4 is 5.32 Å². The quantitative estimate of drug-likeness (QED) is 0.789. The number of nitrogens with zero attached hydrogens (tertiary/aromatic N) is 1. The Kier molecular flexibility index (Phi) is 5.73. The predicted octanol–water partition coefficient (Wildman–Crippen LogP) is 2.41. The lowest BCUT2D eigenvalue weighted by Gasteiger charge is -2.12. The van der Waals surface area contributed by atoms with E-state index in [1.54, 1.807) is 12.1 Å². The molecule has 1 N–H and O–H groups in total. The Balaban J connectivity index is 1.83. The number of halogens is 2. The van der Waals surface area contributed by atoms with E-state index in [-0.39, 0.29) is 35.6 Å². The number of imide groups is 1. The minimum atomic E-state index is -0.433. The van der Waals surface area contributed by atoms with Crippen LogP contribution in [0.4, 0.5) is 9.18 Å². The van der Waals surface area contributed by atoms with Crippen molar-refractivity contribution < 1.29 is 18.8 Å². The Labute approximate surface area is 139 Å². The third-order valence-corrected chi connectivity index (χ3v) is 4.20. The second-order valence-corrected chi connectivity index (χ2v) is 6.23. The van der Waals surface area contributed by atoms with Gasteiger partial charge in [0.25, 0.3) is 5.24 Å². The Morgan fingerprint density at radius 3 is 2.91 bits per heavy atom. The maximum absolute atomic E-state index is 13.5. The molecule has 1 saturated heterocycles. The van der Waals surface area contributed by atoms with Crippen molar-refractivity contribution in [1.82, 2.24) is 10.2 Å². The first-order valence-electron chi connectivity index (χ1n) is 6.35. The third-order valence-electron chi connectivity index (χ3n) is 2.85. The smallest absolute Gasteiger partial charge is 0.288 e. The molecule has 0 spiro atoms. The molecule has 116 valence electrons. The molecule has 5 nitrogen and oxygen atoms in total. The van der Waals surface area contributed by atoms with Crippen molar-refractivity contribution in [1.29, 1.82) is 0 Å². The molecule has 0 aromatic heterocycles. The van der Waals surface area contributed by atoms with Crippen molar-refractivity contribution in [3.05, 3.63) is 40.1 Å². The van der Waals surface area contributed by atoms with Gasteiger partial charge >= 0.3 is 0 Å². The number of rotatable bonds is 5. The molecule has 0 unspecified atom stereocenters. The molecule has 0 atom stereocenters. The zero-order valence-electron chi connectivity index (χ0n) is 11.3. The number of nitrogens with one attached hydrogen (secondary N) is 1. The molecule has 0 bridgehead atoms. The molecule has 1 aromatic rings. The average Bonchev–Trinajstić information content (AvgIpc) is 2.80. The molecular weight excluding hydrogens is 375 g/mol. The highest BCUT2D eigenvalue weighted by atomic mass is 79.9. The molecule has 1 aromatic carbocycles. The van der Waals surface area contributed by atoms with E-state index in [4.69, 9.17) is 0 Å². The minimum absolute atomic E-state index is 0.134. The lowest BCUT2D eigenvalue weighted by molar-refractivity contribution is -0.125. The standard InChI is InChI=1S/C14H12BrFN2O3S/c15-10-2-3-11(16)9(7-10)1-4-12(19)17-5-6-18-13(20)8-22-14(18)21/h1-4,7H,5-6,8H2,(H,17,19)/b4-1+. The largest absolute Gasteiger partial charge is 0.351 e. The van der Waals surface area contributed by atoms with Crippen molar-refractivity contribution >= 4 is 50.8 Å². The van der Waals surface area contributed by atoms with Crippen LogP contribution in [0.25, 0.3) is 6.08 Å². The van der Waals surface area contributed by atoms with Crippen LogP contribution in [0, 0.1) is 5.82 Å². The first kappa shape index (κ1) is 16.7. The lowest BCUT2D eigenvalue weighted by atomic mass is 10.2. The van der Waals surface area contributed by atoms with Gasteiger partial charge < -0.3 is 5.32 Å². The van der Waals surface area contributed by atoms with E-state index in [2.05, 4.69) is 21.2 Å². The number of amides is 3. The van der Waals surface area contributed by atoms with Crippen LogP contribution in [0.15, 0.2) is 28.7 Å². The number of thioether (sulfide) groups is 1. The SMILES string of the molecule is O=C(/C=C/c1cc(Br)ccc1F)NCCN1C(=O)CSC1=O. The third kappa shape index (κ3) is 4.41. The Morgan fingerprint density at radius 2 is 2.23 bits per heavy atom. The molecule has 1 aliphatic heterocycles. The molecular formula is C14H12BrFN2O3S. The predicted molar refractivity (Wildman–Crippen MR) is 85.7 cm³/mol. The summed E-state index contributed by atoms with van der Waals surface area (Å²) in [5, 5.41) is 2.24. The zero-order valence-corrected chi connectivity index (χ0v) is 13.7. The molecule has 22 heavy (non-hydrogen) atoms. The zero-order chi connectivity index (χ0) is 16.1. The van der Waals surface area contributed by atoms with Crippen LogP contribution in [0.5, 0.6) is 0 Å². The molecule has 0 saturated carbocycles. The van der Waals surface area contributed by atoms with Gasteiger partial charge in [-0.2, -0.15) is 0 Å². The van der Waals surface area contributed by atoms with Crippen molar-refractivity contribution in [2.75, 3.05) is 18.8 Å². The monoisotopic (exact) mass is 386 g/mol. The van der Waals surface area contributed by atoms with Crippen molar-refractivity contribution in [3.63, 3.8) is 0 Å². The van der Waals surface area contributed by atoms with E-state index in [0.29, 0.717) is 4.47 Å². The Hall–Kier alpha value is -1.67. The first-order chi connectivity index (χ1) is 10.5. The van der Waals surface area contributed by atoms with Crippen LogP contribution >= 0.6 is 27.7 Å². The summed E-state index contributed by atoms with van der Waals surface area (Å²) in [5.74, 6) is -0.964. The number of benzene rings is 1. The van der Waals surface area contributed by atoms with Gasteiger partial charge in [-0.3, -0.25) is 19.3 Å². The van der Waals surface area contributed by atoms with E-state index >= 15 is 0 Å². The molecule has 1 aliphatic rings. The van der Waals surface area contributed by atoms with Crippen molar-refractivity contribution in [3.8, 4) is 0 Å². The lowest BCUT2D eigenvalue weighted by Crippen LogP contribution is -2.37. The van der Waals surface area contributed by atoms with Gasteiger partial charge in [-0.05, 0) is 24.3 Å². The second kappa shape index (κ2) is 7.55. The van der Waals surface area contributed by atoms with Crippen LogP contribution in [-0.4, -0.2) is 40.8 Å². The second-order valence-electron chi connectivity index (χ2n) is 4.39. The van der Waals surface area contributed by atoms with Gasteiger partial charge in [-0.15, -0.1) is 0 Å². The van der Waals surface area contributed by atoms with E-state index in [1.165, 1.54) is 18.2 Å². The first-order valence-corrected chi connectivity index (χ1v) is 8.13. The molecule has 1 fully saturated rings. The molecule has 8 heteroatoms. The highest BCUT2D eigenvalue weighted by molar-refractivity contribution is 9.10. The normalized spacial score (nSPS) is 14.9. The van der Waals surface area contributed by atoms with Gasteiger partial charge in [0, 0.05) is 29.2 Å². The number of carbonyl (C=O) groups is 3. The topological polar surface area (TPSA) is 66.5 Å². The maximum atomic E-state index is 13.5. The summed E-state index contributed by atoms with van der Waals surface area (Å²) >= 11 is 4.17. The van der Waals surface area contributed by atoms with Gasteiger partial charge in [0.15, 0.2) is 0 Å². The van der Waals surface area contributed by atoms with Crippen LogP contribution in [0.2, 0.25) is 0 Å². The number of hydrogen-bond donors (Lipinski definition) is 1. The highest BCUT2D eigenvalue weighted by Crippen LogP contribution is 2.18. The number of hydrogen-bond acceptors (Lipinski definition) is 4. The molecule has 0 radical (unpaired) electrons. The van der Waals surface area contributed by atoms with E-state index < -0.39 is 11.7 Å². The maximum Gasteiger partial charge on any atom is 0.288 e. The van der Waals surface area contributed by atoms with E-state index in [9.17, 15) is 18.8 Å². The summed E-state index contributed by atoms with van der Waals surface area (Å²) in [5.41, 5.74) is 0.283. The molecule has 2 rings (SSSR count). The van der Waals surface area contributed by atoms with Gasteiger partial charge in [-0.1, -0.05) is 27.7 Å². The summed E-state index contributed by atoms with van der Waals surface area (Å²) < 4.78 is 14.2. The summed E-state index contributed by atoms with van der Waals surface area (Å²) in [7, 11) is 0. The Morgan fingerprint density at radius 1 is 1.45 bits per heavy atom. The minimum Gasteiger partial charge on any atom is -0.351 e. The van der Waals surface area contributed by atoms with E-state index in [1.807, 2.05) is 0 Å². The Bertz CT molecular complexity index is 635. The van der Waals surface area contributed by atoms with Gasteiger partial charge in [0.2, 0.25) is 11.8 Å². The van der Waals surface area contributed by atoms with Crippen LogP contribution in [-0.2, 0) is 9.59 Å². The molecule has 0 aliphatic carbocycles. The highest BCUT2D eigenvalue weighted by Gasteiger charge is 2.29. The van der Waals surface area contributed by atoms with Crippen molar-refractivity contribution in [2.24, 2.45) is 0 Å². The fourth-order valence-corrected chi connectivity index (χ4v) is 2.89. The van der Waals surface area contributed by atoms with Crippen LogP contribution in [0.3, 0.4) is 0 Å². The average molecular weight is 387 g/mol. The van der Waals surface area contributed by atoms with E-state index in [0.717, 1.165) is 16.7 Å². The fraction of sp³-hybridized carbons (Fsp3) is 0.214. The summed E-state index contributed by atoms with van der Waals surface area (Å²) in [6.45, 7) is 0.289.